The van der Waals surface area contributed by atoms with Gasteiger partial charge in [0, 0.05) is 16.4 Å². The highest BCUT2D eigenvalue weighted by molar-refractivity contribution is 9.10. The van der Waals surface area contributed by atoms with Gasteiger partial charge in [-0.15, -0.1) is 0 Å². The van der Waals surface area contributed by atoms with Crippen molar-refractivity contribution in [1.82, 2.24) is 9.38 Å². The van der Waals surface area contributed by atoms with E-state index in [1.807, 2.05) is 96.1 Å². The first kappa shape index (κ1) is 19.4. The molecular weight excluding hydrogens is 426 g/mol. The predicted octanol–water partition coefficient (Wildman–Crippen LogP) is 5.81. The zero-order valence-electron chi connectivity index (χ0n) is 16.5. The molecule has 4 aromatic rings. The van der Waals surface area contributed by atoms with Gasteiger partial charge in [-0.3, -0.25) is 9.20 Å². The number of carbonyl (C=O) groups excluding carboxylic acids is 1. The van der Waals surface area contributed by atoms with Crippen LogP contribution < -0.4 is 4.90 Å². The van der Waals surface area contributed by atoms with Crippen molar-refractivity contribution in [3.8, 4) is 0 Å². The van der Waals surface area contributed by atoms with Gasteiger partial charge in [0.15, 0.2) is 0 Å². The number of carbonyl (C=O) groups is 1. The first-order valence-electron chi connectivity index (χ1n) is 9.66. The van der Waals surface area contributed by atoms with Gasteiger partial charge in [0.1, 0.15) is 11.3 Å². The molecule has 1 amide bonds. The third kappa shape index (κ3) is 3.83. The van der Waals surface area contributed by atoms with Gasteiger partial charge in [-0.05, 0) is 58.6 Å². The Morgan fingerprint density at radius 2 is 1.72 bits per heavy atom. The van der Waals surface area contributed by atoms with E-state index in [4.69, 9.17) is 4.98 Å². The summed E-state index contributed by atoms with van der Waals surface area (Å²) in [7, 11) is 0. The number of hydrogen-bond acceptors (Lipinski definition) is 2. The first-order valence-corrected chi connectivity index (χ1v) is 10.5. The molecule has 0 fully saturated rings. The lowest BCUT2D eigenvalue weighted by molar-refractivity contribution is 0.0978. The van der Waals surface area contributed by atoms with Crippen LogP contribution in [0.15, 0.2) is 77.4 Å². The van der Waals surface area contributed by atoms with Crippen LogP contribution >= 0.6 is 15.9 Å². The maximum atomic E-state index is 13.9. The Kier molecular flexibility index (Phi) is 5.49. The van der Waals surface area contributed by atoms with Crippen molar-refractivity contribution in [1.29, 1.82) is 0 Å². The lowest BCUT2D eigenvalue weighted by Gasteiger charge is -2.23. The van der Waals surface area contributed by atoms with Gasteiger partial charge in [-0.2, -0.15) is 0 Å². The van der Waals surface area contributed by atoms with Crippen LogP contribution in [0.3, 0.4) is 0 Å². The normalized spacial score (nSPS) is 11.0. The summed E-state index contributed by atoms with van der Waals surface area (Å²) in [6.45, 7) is 4.54. The number of nitrogens with zero attached hydrogens (tertiary/aromatic N) is 3. The smallest absolute Gasteiger partial charge is 0.277 e. The fraction of sp³-hybridized carbons (Fsp3) is 0.167. The monoisotopic (exact) mass is 447 g/mol. The Morgan fingerprint density at radius 1 is 1.07 bits per heavy atom. The third-order valence-corrected chi connectivity index (χ3v) is 5.41. The first-order chi connectivity index (χ1) is 14.1. The molecule has 29 heavy (non-hydrogen) atoms. The van der Waals surface area contributed by atoms with E-state index < -0.39 is 0 Å². The van der Waals surface area contributed by atoms with Crippen molar-refractivity contribution in [3.63, 3.8) is 0 Å². The molecule has 0 bridgehead atoms. The number of hydrogen-bond donors (Lipinski definition) is 0. The van der Waals surface area contributed by atoms with E-state index in [9.17, 15) is 4.79 Å². The molecule has 2 aromatic carbocycles. The number of imidazole rings is 1. The number of pyridine rings is 1. The van der Waals surface area contributed by atoms with Crippen molar-refractivity contribution in [2.45, 2.75) is 26.8 Å². The van der Waals surface area contributed by atoms with Gasteiger partial charge < -0.3 is 4.90 Å². The van der Waals surface area contributed by atoms with Crippen LogP contribution in [0.5, 0.6) is 0 Å². The minimum atomic E-state index is -0.0538. The van der Waals surface area contributed by atoms with Crippen LogP contribution in [0.1, 0.15) is 34.2 Å². The Bertz CT molecular complexity index is 1150. The molecule has 0 N–H and O–H groups in total. The van der Waals surface area contributed by atoms with E-state index in [0.29, 0.717) is 18.7 Å². The quantitative estimate of drug-likeness (QED) is 0.386. The van der Waals surface area contributed by atoms with Crippen LogP contribution in [0.2, 0.25) is 0 Å². The minimum absolute atomic E-state index is 0.0538. The summed E-state index contributed by atoms with van der Waals surface area (Å²) in [6, 6.07) is 21.9. The van der Waals surface area contributed by atoms with E-state index in [-0.39, 0.29) is 5.91 Å². The fourth-order valence-electron chi connectivity index (χ4n) is 3.57. The summed E-state index contributed by atoms with van der Waals surface area (Å²) in [5.41, 5.74) is 5.22. The number of anilines is 1. The van der Waals surface area contributed by atoms with Crippen molar-refractivity contribution in [2.75, 3.05) is 4.90 Å². The molecule has 0 aliphatic rings. The molecular formula is C24H22BrN3O. The average molecular weight is 448 g/mol. The molecule has 2 aromatic heterocycles. The Balaban J connectivity index is 1.86. The SMILES string of the molecule is CCc1nc2c(C)cc(Br)cn2c1C(=O)N(Cc1ccccc1)c1ccccc1. The number of amides is 1. The van der Waals surface area contributed by atoms with E-state index in [2.05, 4.69) is 15.9 Å². The summed E-state index contributed by atoms with van der Waals surface area (Å²) in [4.78, 5) is 20.5. The van der Waals surface area contributed by atoms with Crippen molar-refractivity contribution in [3.05, 3.63) is 99.9 Å². The molecule has 0 radical (unpaired) electrons. The zero-order valence-corrected chi connectivity index (χ0v) is 18.1. The van der Waals surface area contributed by atoms with Crippen molar-refractivity contribution >= 4 is 33.2 Å². The van der Waals surface area contributed by atoms with Crippen molar-refractivity contribution in [2.24, 2.45) is 0 Å². The van der Waals surface area contributed by atoms with Gasteiger partial charge in [-0.1, -0.05) is 55.5 Å². The van der Waals surface area contributed by atoms with Crippen LogP contribution in [0, 0.1) is 6.92 Å². The van der Waals surface area contributed by atoms with Crippen LogP contribution in [-0.4, -0.2) is 15.3 Å². The maximum Gasteiger partial charge on any atom is 0.277 e. The Labute approximate surface area is 178 Å². The molecule has 5 heteroatoms. The van der Waals surface area contributed by atoms with Crippen LogP contribution in [0.25, 0.3) is 5.65 Å². The summed E-state index contributed by atoms with van der Waals surface area (Å²) >= 11 is 3.56. The molecule has 0 atom stereocenters. The Morgan fingerprint density at radius 3 is 2.38 bits per heavy atom. The van der Waals surface area contributed by atoms with Gasteiger partial charge >= 0.3 is 0 Å². The predicted molar refractivity (Wildman–Crippen MR) is 120 cm³/mol. The lowest BCUT2D eigenvalue weighted by atomic mass is 10.1. The molecule has 0 spiro atoms. The van der Waals surface area contributed by atoms with Gasteiger partial charge in [-0.25, -0.2) is 4.98 Å². The molecule has 146 valence electrons. The summed E-state index contributed by atoms with van der Waals surface area (Å²) in [5.74, 6) is -0.0538. The van der Waals surface area contributed by atoms with Gasteiger partial charge in [0.25, 0.3) is 5.91 Å². The van der Waals surface area contributed by atoms with E-state index in [0.717, 1.165) is 32.6 Å². The number of rotatable bonds is 5. The van der Waals surface area contributed by atoms with Gasteiger partial charge in [0.05, 0.1) is 12.2 Å². The average Bonchev–Trinajstić information content (AvgIpc) is 3.12. The number of benzene rings is 2. The summed E-state index contributed by atoms with van der Waals surface area (Å²) in [5, 5.41) is 0. The number of para-hydroxylation sites is 1. The fourth-order valence-corrected chi connectivity index (χ4v) is 4.12. The second-order valence-corrected chi connectivity index (χ2v) is 7.92. The van der Waals surface area contributed by atoms with Crippen LogP contribution in [0.4, 0.5) is 5.69 Å². The maximum absolute atomic E-state index is 13.9. The lowest BCUT2D eigenvalue weighted by Crippen LogP contribution is -2.32. The highest BCUT2D eigenvalue weighted by atomic mass is 79.9. The van der Waals surface area contributed by atoms with E-state index in [1.54, 1.807) is 0 Å². The summed E-state index contributed by atoms with van der Waals surface area (Å²) in [6.07, 6.45) is 2.61. The summed E-state index contributed by atoms with van der Waals surface area (Å²) < 4.78 is 2.84. The molecule has 0 unspecified atom stereocenters. The molecule has 0 saturated heterocycles. The molecule has 4 rings (SSSR count). The largest absolute Gasteiger partial charge is 0.303 e. The number of fused-ring (bicyclic) bond motifs is 1. The molecule has 0 aliphatic carbocycles. The highest BCUT2D eigenvalue weighted by Crippen LogP contribution is 2.25. The Hall–Kier alpha value is -2.92. The van der Waals surface area contributed by atoms with Gasteiger partial charge in [0.2, 0.25) is 0 Å². The molecule has 4 nitrogen and oxygen atoms in total. The zero-order chi connectivity index (χ0) is 20.4. The third-order valence-electron chi connectivity index (χ3n) is 4.98. The second-order valence-electron chi connectivity index (χ2n) is 7.01. The molecule has 2 heterocycles. The highest BCUT2D eigenvalue weighted by Gasteiger charge is 2.25. The van der Waals surface area contributed by atoms with E-state index in [1.165, 1.54) is 0 Å². The molecule has 0 aliphatic heterocycles. The van der Waals surface area contributed by atoms with Crippen LogP contribution in [-0.2, 0) is 13.0 Å². The van der Waals surface area contributed by atoms with Crippen molar-refractivity contribution < 1.29 is 4.79 Å². The standard InChI is InChI=1S/C24H22BrN3O/c1-3-21-22(28-16-19(25)14-17(2)23(28)26-21)24(29)27(20-12-8-5-9-13-20)15-18-10-6-4-7-11-18/h4-14,16H,3,15H2,1-2H3. The second kappa shape index (κ2) is 8.21. The minimum Gasteiger partial charge on any atom is -0.303 e. The molecule has 0 saturated carbocycles. The topological polar surface area (TPSA) is 37.6 Å². The number of aryl methyl sites for hydroxylation is 2. The number of aromatic nitrogens is 2. The van der Waals surface area contributed by atoms with E-state index >= 15 is 0 Å². The number of halogens is 1.